The Balaban J connectivity index is 2.99. The van der Waals surface area contributed by atoms with Crippen molar-refractivity contribution in [2.75, 3.05) is 14.2 Å². The summed E-state index contributed by atoms with van der Waals surface area (Å²) in [7, 11) is 2.98. The number of ether oxygens (including phenoxy) is 2. The second kappa shape index (κ2) is 5.69. The van der Waals surface area contributed by atoms with E-state index in [4.69, 9.17) is 15.2 Å². The molecule has 0 aromatic heterocycles. The van der Waals surface area contributed by atoms with Crippen molar-refractivity contribution in [1.82, 2.24) is 0 Å². The van der Waals surface area contributed by atoms with Crippen molar-refractivity contribution < 1.29 is 19.1 Å². The summed E-state index contributed by atoms with van der Waals surface area (Å²) in [5, 5.41) is 0. The molecule has 0 aliphatic heterocycles. The molecule has 1 rings (SSSR count). The molecule has 90 valence electrons. The summed E-state index contributed by atoms with van der Waals surface area (Å²) in [4.78, 5) is 22.1. The second-order valence-electron chi connectivity index (χ2n) is 3.17. The zero-order chi connectivity index (χ0) is 12.8. The van der Waals surface area contributed by atoms with Gasteiger partial charge in [0.2, 0.25) is 5.91 Å². The van der Waals surface area contributed by atoms with Gasteiger partial charge in [0.1, 0.15) is 0 Å². The number of benzene rings is 1. The highest BCUT2D eigenvalue weighted by atomic mass is 16.5. The van der Waals surface area contributed by atoms with Crippen molar-refractivity contribution in [3.63, 3.8) is 0 Å². The van der Waals surface area contributed by atoms with Gasteiger partial charge in [-0.15, -0.1) is 0 Å². The summed E-state index contributed by atoms with van der Waals surface area (Å²) in [6.07, 6.45) is 2.13. The summed E-state index contributed by atoms with van der Waals surface area (Å²) in [6, 6.07) is 4.73. The van der Waals surface area contributed by atoms with Crippen LogP contribution in [0, 0.1) is 0 Å². The van der Waals surface area contributed by atoms with E-state index < -0.39 is 5.91 Å². The van der Waals surface area contributed by atoms with Gasteiger partial charge < -0.3 is 15.2 Å². The van der Waals surface area contributed by atoms with Crippen molar-refractivity contribution in [2.24, 2.45) is 5.73 Å². The molecule has 1 aromatic carbocycles. The smallest absolute Gasteiger partial charge is 0.241 e. The first-order chi connectivity index (χ1) is 8.08. The summed E-state index contributed by atoms with van der Waals surface area (Å²) >= 11 is 0. The van der Waals surface area contributed by atoms with Crippen molar-refractivity contribution in [3.05, 3.63) is 35.9 Å². The van der Waals surface area contributed by atoms with Crippen molar-refractivity contribution in [1.29, 1.82) is 0 Å². The number of amides is 1. The van der Waals surface area contributed by atoms with Crippen LogP contribution in [0.25, 0.3) is 0 Å². The van der Waals surface area contributed by atoms with Gasteiger partial charge in [0, 0.05) is 11.6 Å². The minimum atomic E-state index is -0.668. The van der Waals surface area contributed by atoms with Crippen LogP contribution in [0.3, 0.4) is 0 Å². The fourth-order valence-electron chi connectivity index (χ4n) is 1.24. The van der Waals surface area contributed by atoms with Crippen LogP contribution in [-0.2, 0) is 4.79 Å². The molecule has 0 saturated heterocycles. The van der Waals surface area contributed by atoms with Crippen molar-refractivity contribution in [3.8, 4) is 11.5 Å². The van der Waals surface area contributed by atoms with Crippen LogP contribution >= 0.6 is 0 Å². The van der Waals surface area contributed by atoms with E-state index in [2.05, 4.69) is 0 Å². The van der Waals surface area contributed by atoms with E-state index >= 15 is 0 Å². The Morgan fingerprint density at radius 2 is 1.76 bits per heavy atom. The lowest BCUT2D eigenvalue weighted by atomic mass is 10.1. The molecule has 0 aliphatic rings. The molecule has 0 unspecified atom stereocenters. The number of rotatable bonds is 5. The summed E-state index contributed by atoms with van der Waals surface area (Å²) < 4.78 is 10.1. The van der Waals surface area contributed by atoms with Crippen molar-refractivity contribution in [2.45, 2.75) is 0 Å². The molecule has 5 nitrogen and oxygen atoms in total. The number of allylic oxidation sites excluding steroid dienone is 1. The standard InChI is InChI=1S/C12H13NO4/c1-16-10-5-3-8(7-11(10)17-2)9(14)4-6-12(13)15/h3-7H,1-2H3,(H2,13,15)/b6-4+. The van der Waals surface area contributed by atoms with Gasteiger partial charge in [-0.05, 0) is 24.3 Å². The van der Waals surface area contributed by atoms with Gasteiger partial charge in [-0.1, -0.05) is 0 Å². The fourth-order valence-corrected chi connectivity index (χ4v) is 1.24. The number of primary amides is 1. The Morgan fingerprint density at radius 1 is 1.12 bits per heavy atom. The van der Waals surface area contributed by atoms with Crippen LogP contribution in [0.5, 0.6) is 11.5 Å². The van der Waals surface area contributed by atoms with Crippen LogP contribution in [0.2, 0.25) is 0 Å². The van der Waals surface area contributed by atoms with Crippen molar-refractivity contribution >= 4 is 11.7 Å². The highest BCUT2D eigenvalue weighted by molar-refractivity contribution is 6.07. The predicted molar refractivity (Wildman–Crippen MR) is 62.2 cm³/mol. The summed E-state index contributed by atoms with van der Waals surface area (Å²) in [5.74, 6) is -0.0164. The zero-order valence-electron chi connectivity index (χ0n) is 9.60. The van der Waals surface area contributed by atoms with E-state index in [1.807, 2.05) is 0 Å². The molecular weight excluding hydrogens is 222 g/mol. The quantitative estimate of drug-likeness (QED) is 0.608. The predicted octanol–water partition coefficient (Wildman–Crippen LogP) is 0.928. The Hall–Kier alpha value is -2.30. The minimum absolute atomic E-state index is 0.329. The fraction of sp³-hybridized carbons (Fsp3) is 0.167. The summed E-state index contributed by atoms with van der Waals surface area (Å²) in [5.41, 5.74) is 5.29. The molecular formula is C12H13NO4. The number of hydrogen-bond donors (Lipinski definition) is 1. The summed E-state index contributed by atoms with van der Waals surface area (Å²) in [6.45, 7) is 0. The molecule has 2 N–H and O–H groups in total. The maximum absolute atomic E-state index is 11.6. The second-order valence-corrected chi connectivity index (χ2v) is 3.17. The van der Waals surface area contributed by atoms with Gasteiger partial charge in [0.05, 0.1) is 14.2 Å². The molecule has 0 aliphatic carbocycles. The van der Waals surface area contributed by atoms with Gasteiger partial charge in [-0.3, -0.25) is 9.59 Å². The van der Waals surface area contributed by atoms with E-state index in [-0.39, 0.29) is 5.78 Å². The van der Waals surface area contributed by atoms with Gasteiger partial charge in [-0.2, -0.15) is 0 Å². The molecule has 0 bridgehead atoms. The Labute approximate surface area is 98.8 Å². The number of nitrogens with two attached hydrogens (primary N) is 1. The van der Waals surface area contributed by atoms with Gasteiger partial charge in [0.15, 0.2) is 17.3 Å². The highest BCUT2D eigenvalue weighted by Gasteiger charge is 2.08. The molecule has 0 heterocycles. The van der Waals surface area contributed by atoms with E-state index in [1.54, 1.807) is 12.1 Å². The third-order valence-corrected chi connectivity index (χ3v) is 2.07. The molecule has 1 aromatic rings. The minimum Gasteiger partial charge on any atom is -0.493 e. The van der Waals surface area contributed by atoms with Gasteiger partial charge in [-0.25, -0.2) is 0 Å². The number of hydrogen-bond acceptors (Lipinski definition) is 4. The van der Waals surface area contributed by atoms with E-state index in [0.29, 0.717) is 17.1 Å². The average Bonchev–Trinajstić information content (AvgIpc) is 2.34. The first-order valence-corrected chi connectivity index (χ1v) is 4.82. The molecule has 1 amide bonds. The lowest BCUT2D eigenvalue weighted by molar-refractivity contribution is -0.113. The van der Waals surface area contributed by atoms with Crippen LogP contribution in [0.4, 0.5) is 0 Å². The largest absolute Gasteiger partial charge is 0.493 e. The number of carbonyl (C=O) groups is 2. The molecule has 0 spiro atoms. The SMILES string of the molecule is COc1ccc(C(=O)/C=C/C(N)=O)cc1OC. The number of methoxy groups -OCH3 is 2. The Bertz CT molecular complexity index is 466. The van der Waals surface area contributed by atoms with Gasteiger partial charge >= 0.3 is 0 Å². The van der Waals surface area contributed by atoms with E-state index in [0.717, 1.165) is 12.2 Å². The Kier molecular flexibility index (Phi) is 4.28. The normalized spacial score (nSPS) is 10.2. The highest BCUT2D eigenvalue weighted by Crippen LogP contribution is 2.27. The first-order valence-electron chi connectivity index (χ1n) is 4.82. The molecule has 0 atom stereocenters. The topological polar surface area (TPSA) is 78.6 Å². The Morgan fingerprint density at radius 3 is 2.29 bits per heavy atom. The molecule has 5 heteroatoms. The first kappa shape index (κ1) is 12.8. The monoisotopic (exact) mass is 235 g/mol. The van der Waals surface area contributed by atoms with Crippen LogP contribution in [0.15, 0.2) is 30.4 Å². The van der Waals surface area contributed by atoms with Crippen LogP contribution in [0.1, 0.15) is 10.4 Å². The maximum atomic E-state index is 11.6. The molecule has 0 saturated carbocycles. The zero-order valence-corrected chi connectivity index (χ0v) is 9.60. The van der Waals surface area contributed by atoms with E-state index in [9.17, 15) is 9.59 Å². The van der Waals surface area contributed by atoms with E-state index in [1.165, 1.54) is 20.3 Å². The lowest BCUT2D eigenvalue weighted by Crippen LogP contribution is -2.07. The number of ketones is 1. The molecule has 0 radical (unpaired) electrons. The molecule has 0 fully saturated rings. The molecule has 17 heavy (non-hydrogen) atoms. The van der Waals surface area contributed by atoms with Gasteiger partial charge in [0.25, 0.3) is 0 Å². The maximum Gasteiger partial charge on any atom is 0.241 e. The third kappa shape index (κ3) is 3.34. The van der Waals surface area contributed by atoms with Crippen LogP contribution < -0.4 is 15.2 Å². The van der Waals surface area contributed by atoms with Crippen LogP contribution in [-0.4, -0.2) is 25.9 Å². The lowest BCUT2D eigenvalue weighted by Gasteiger charge is -2.07. The third-order valence-electron chi connectivity index (χ3n) is 2.07. The number of carbonyl (C=O) groups excluding carboxylic acids is 2. The average molecular weight is 235 g/mol.